The van der Waals surface area contributed by atoms with E-state index < -0.39 is 109 Å². The van der Waals surface area contributed by atoms with E-state index in [-0.39, 0.29) is 129 Å². The van der Waals surface area contributed by atoms with Crippen molar-refractivity contribution in [2.75, 3.05) is 36.0 Å². The molecule has 0 saturated heterocycles. The number of aliphatic carboxylic acids is 1. The number of carboxylic acid groups (broad SMARTS) is 1. The van der Waals surface area contributed by atoms with Gasteiger partial charge < -0.3 is 39.5 Å². The molecule has 0 radical (unpaired) electrons. The molecule has 28 nitrogen and oxygen atoms in total. The van der Waals surface area contributed by atoms with Gasteiger partial charge in [0.05, 0.1) is 40.3 Å². The molecule has 0 atom stereocenters. The number of aryl methyl sites for hydroxylation is 2. The number of hydrogen-bond acceptors (Lipinski definition) is 22. The van der Waals surface area contributed by atoms with Crippen LogP contribution in [0.1, 0.15) is 149 Å². The Morgan fingerprint density at radius 3 is 1.81 bits per heavy atom. The number of pyridine rings is 1. The van der Waals surface area contributed by atoms with E-state index in [1.54, 1.807) is 104 Å². The number of carboxylic acids is 1. The van der Waals surface area contributed by atoms with Gasteiger partial charge >= 0.3 is 59.1 Å². The second-order valence-corrected chi connectivity index (χ2v) is 35.7. The zero-order valence-electron chi connectivity index (χ0n) is 61.3. The van der Waals surface area contributed by atoms with Crippen molar-refractivity contribution in [2.24, 2.45) is 5.73 Å². The maximum Gasteiger partial charge on any atom is 1.00 e. The van der Waals surface area contributed by atoms with Gasteiger partial charge in [-0.3, -0.25) is 28.0 Å². The summed E-state index contributed by atoms with van der Waals surface area (Å²) >= 11 is 0. The zero-order valence-corrected chi connectivity index (χ0v) is 70.2. The third-order valence-electron chi connectivity index (χ3n) is 18.2. The molecule has 7 aromatic rings. The van der Waals surface area contributed by atoms with Gasteiger partial charge in [0, 0.05) is 115 Å². The number of nitrogens with zero attached hydrogens (tertiary/aromatic N) is 3. The fraction of sp³-hybridized carbons (Fsp3) is 0.356. The summed E-state index contributed by atoms with van der Waals surface area (Å²) < 4.78 is 226. The van der Waals surface area contributed by atoms with Gasteiger partial charge in [0.2, 0.25) is 11.6 Å². The van der Waals surface area contributed by atoms with E-state index in [2.05, 4.69) is 10.3 Å². The number of unbranched alkanes of at least 4 members (excludes halogenated alkanes) is 5. The molecule has 0 fully saturated rings. The third kappa shape index (κ3) is 24.3. The molecule has 2 aliphatic rings. The second kappa shape index (κ2) is 37.4. The third-order valence-corrected chi connectivity index (χ3v) is 23.2. The number of fused-ring (bicyclic) bond motifs is 6. The van der Waals surface area contributed by atoms with E-state index in [9.17, 15) is 87.4 Å². The van der Waals surface area contributed by atoms with E-state index in [4.69, 9.17) is 20.4 Å². The van der Waals surface area contributed by atoms with Crippen LogP contribution in [0.3, 0.4) is 0 Å². The number of carbonyl (C=O) groups excluding carboxylic acids is 2. The second-order valence-electron chi connectivity index (χ2n) is 27.0. The van der Waals surface area contributed by atoms with E-state index >= 15 is 0 Å². The first-order valence-corrected chi connectivity index (χ1v) is 42.7. The van der Waals surface area contributed by atoms with Crippen LogP contribution in [0.25, 0.3) is 27.1 Å². The molecule has 7 N–H and O–H groups in total. The molecule has 0 bridgehead atoms. The number of rotatable bonds is 33. The summed E-state index contributed by atoms with van der Waals surface area (Å²) in [5.74, 6) is -1.76. The number of benzene rings is 6. The number of hydrogen-bond donors (Lipinski definition) is 6. The van der Waals surface area contributed by atoms with E-state index in [0.29, 0.717) is 115 Å². The summed E-state index contributed by atoms with van der Waals surface area (Å²) in [6.07, 6.45) is 12.6. The Kier molecular flexibility index (Phi) is 31.4. The van der Waals surface area contributed by atoms with Crippen molar-refractivity contribution in [3.63, 3.8) is 0 Å². The summed E-state index contributed by atoms with van der Waals surface area (Å²) in [6.45, 7) is 10.2. The van der Waals surface area contributed by atoms with Crippen molar-refractivity contribution in [3.05, 3.63) is 178 Å². The molecule has 9 rings (SSSR count). The summed E-state index contributed by atoms with van der Waals surface area (Å²) in [6, 6.07) is 26.5. The Bertz CT molecular complexity index is 5510. The van der Waals surface area contributed by atoms with Crippen LogP contribution in [0, 0.1) is 6.92 Å². The predicted molar refractivity (Wildman–Crippen MR) is 398 cm³/mol. The van der Waals surface area contributed by atoms with Crippen LogP contribution in [0.4, 0.5) is 11.4 Å². The number of amides is 1. The van der Waals surface area contributed by atoms with Crippen molar-refractivity contribution < 1.29 is 166 Å². The Morgan fingerprint density at radius 2 is 1.19 bits per heavy atom. The van der Waals surface area contributed by atoms with Gasteiger partial charge in [-0.05, 0) is 176 Å². The van der Waals surface area contributed by atoms with Crippen molar-refractivity contribution in [1.82, 2.24) is 10.3 Å². The Labute approximate surface area is 679 Å². The topological polar surface area (TPSA) is 473 Å². The fourth-order valence-corrected chi connectivity index (χ4v) is 17.2. The van der Waals surface area contributed by atoms with Gasteiger partial charge in [-0.2, -0.15) is 29.8 Å². The van der Waals surface area contributed by atoms with Crippen LogP contribution in [-0.4, -0.2) is 147 Å². The number of allylic oxidation sites excluding steroid dienone is 6. The smallest absolute Gasteiger partial charge is 0.748 e. The fourth-order valence-electron chi connectivity index (χ4n) is 13.5. The van der Waals surface area contributed by atoms with Crippen LogP contribution in [0.5, 0.6) is 11.6 Å². The Hall–Kier alpha value is -6.49. The quantitative estimate of drug-likeness (QED) is 0.0110. The molecule has 6 aromatic carbocycles. The van der Waals surface area contributed by atoms with Gasteiger partial charge in [0.1, 0.15) is 33.1 Å². The molecule has 576 valence electrons. The molecule has 0 spiro atoms. The molecule has 0 saturated carbocycles. The molecule has 0 aliphatic carbocycles. The number of carbonyl (C=O) groups is 3. The van der Waals surface area contributed by atoms with E-state index in [0.717, 1.165) is 61.6 Å². The van der Waals surface area contributed by atoms with Crippen LogP contribution >= 0.6 is 0 Å². The standard InChI is InChI=1S/C71H81N5O21S6.C2H4O2.2Na/c1-46-37-48(45-72)39-66(74-46)97-53-23-14-20-51(40-53)69(78)73-32-12-8-6-7-9-21-52(77)22-11-10-17-47-18-13-19-50(38-47)49(24-30-64-70(2,3)67-58-41-54(100(85,86)87)43-62(102(91,92)93)56(58)26-28-60(67)75(64)33-15-35-98(79,80)81)25-31-65-71(4,5)68-59-42-55(101(88,89)90)44-63(103(94,95)96)57(59)27-29-61(68)76(65)34-16-36-99(82,83)84;1-2(3)4;;/h13-14,18-20,23-31,37-44H,6-12,15-17,21-22,32-36,45,72H2,1-5H3,(H6-,73,78,79,80,81,82,83,84,85,86,87,88,89,90,91,92,93,94,95,96);1H3,(H,3,4);;/q;;2*+1/p-2. The van der Waals surface area contributed by atoms with Gasteiger partial charge in [-0.1, -0.05) is 75.6 Å². The largest absolute Gasteiger partial charge is 1.00 e. The normalized spacial score (nSPS) is 14.8. The molecule has 109 heavy (non-hydrogen) atoms. The van der Waals surface area contributed by atoms with E-state index in [1.165, 1.54) is 24.3 Å². The average molecular weight is 1640 g/mol. The van der Waals surface area contributed by atoms with Crippen molar-refractivity contribution in [3.8, 4) is 11.6 Å². The molecule has 36 heteroatoms. The Balaban J connectivity index is 0.00000302. The monoisotopic (exact) mass is 1640 g/mol. The summed E-state index contributed by atoms with van der Waals surface area (Å²) in [5.41, 5.74) is 8.98. The SMILES string of the molecule is CC(=O)O.Cc1cc(CN)cc(Oc2cccc(C(=O)NCCCCCCCC(=O)CCCCc3cccc(C(=C\C=C4/N(CCCS(=O)(=O)[O-])c5ccc6c(S(=O)(=O)[O-])cc(S(=O)(=O)O)cc6c5C4(C)C)/C=C/C4=[N+](CCCS(=O)(=O)[O-])c5ccc6c(S(=O)(=O)O)cc(S(=O)(=O)O)cc6c5C4(C)C)c3)c2)n1.[Na+].[Na+]. The van der Waals surface area contributed by atoms with Crippen LogP contribution in [0.15, 0.2) is 159 Å². The molecule has 0 unspecified atom stereocenters. The minimum absolute atomic E-state index is 0. The molecule has 2 aliphatic heterocycles. The number of ketones is 1. The zero-order chi connectivity index (χ0) is 79.0. The molecular weight excluding hydrogens is 1550 g/mol. The number of Topliss-reactive ketones (excluding diaryl/α,β-unsaturated/α-hetero) is 1. The first-order chi connectivity index (χ1) is 49.8. The minimum atomic E-state index is -5.41. The van der Waals surface area contributed by atoms with Gasteiger partial charge in [0.25, 0.3) is 42.2 Å². The van der Waals surface area contributed by atoms with E-state index in [1.807, 2.05) is 25.1 Å². The van der Waals surface area contributed by atoms with Crippen LogP contribution in [-0.2, 0) is 94.1 Å². The number of nitrogens with one attached hydrogen (secondary N) is 1. The predicted octanol–water partition coefficient (Wildman–Crippen LogP) is 4.31. The summed E-state index contributed by atoms with van der Waals surface area (Å²) in [4.78, 5) is 37.7. The number of nitrogens with two attached hydrogens (primary N) is 1. The number of aromatic nitrogens is 1. The maximum absolute atomic E-state index is 13.2. The molecular formula is C73H83N5Na2O23S6. The van der Waals surface area contributed by atoms with Crippen molar-refractivity contribution >= 4 is 123 Å². The molecule has 3 heterocycles. The average Bonchev–Trinajstić information content (AvgIpc) is 1.60. The van der Waals surface area contributed by atoms with Crippen LogP contribution < -0.4 is 79.8 Å². The summed E-state index contributed by atoms with van der Waals surface area (Å²) in [7, 11) is -30.4. The van der Waals surface area contributed by atoms with Crippen molar-refractivity contribution in [1.29, 1.82) is 0 Å². The van der Waals surface area contributed by atoms with Gasteiger partial charge in [-0.15, -0.1) is 0 Å². The molecule has 1 aromatic heterocycles. The maximum atomic E-state index is 13.2. The van der Waals surface area contributed by atoms with Gasteiger partial charge in [0.15, 0.2) is 5.71 Å². The summed E-state index contributed by atoms with van der Waals surface area (Å²) in [5, 5.41) is 9.93. The molecule has 1 amide bonds. The first-order valence-electron chi connectivity index (χ1n) is 33.8. The van der Waals surface area contributed by atoms with Crippen molar-refractivity contribution in [2.45, 2.75) is 156 Å². The van der Waals surface area contributed by atoms with Crippen LogP contribution in [0.2, 0.25) is 0 Å². The minimum Gasteiger partial charge on any atom is -0.748 e. The number of ether oxygens (including phenoxy) is 1. The number of anilines is 1. The Morgan fingerprint density at radius 1 is 0.624 bits per heavy atom. The first kappa shape index (κ1) is 91.4. The van der Waals surface area contributed by atoms with Gasteiger partial charge in [-0.25, -0.2) is 30.2 Å².